The van der Waals surface area contributed by atoms with Crippen molar-refractivity contribution < 1.29 is 29.2 Å². The minimum Gasteiger partial charge on any atom is -0.481 e. The Morgan fingerprint density at radius 2 is 1.69 bits per heavy atom. The lowest BCUT2D eigenvalue weighted by Crippen LogP contribution is -2.32. The summed E-state index contributed by atoms with van der Waals surface area (Å²) in [5.41, 5.74) is 1.58. The Morgan fingerprint density at radius 3 is 2.17 bits per heavy atom. The first-order chi connectivity index (χ1) is 13.8. The lowest BCUT2D eigenvalue weighted by Gasteiger charge is -2.27. The van der Waals surface area contributed by atoms with Gasteiger partial charge in [-0.05, 0) is 24.6 Å². The summed E-state index contributed by atoms with van der Waals surface area (Å²) in [6.45, 7) is 1.86. The smallest absolute Gasteiger partial charge is 0.317 e. The van der Waals surface area contributed by atoms with Crippen LogP contribution in [0.3, 0.4) is 0 Å². The highest BCUT2D eigenvalue weighted by molar-refractivity contribution is 6.12. The van der Waals surface area contributed by atoms with Gasteiger partial charge in [-0.25, -0.2) is 0 Å². The van der Waals surface area contributed by atoms with Gasteiger partial charge in [-0.3, -0.25) is 24.5 Å². The molecule has 0 bridgehead atoms. The molecule has 0 spiro atoms. The molecule has 0 radical (unpaired) electrons. The molecule has 1 aliphatic heterocycles. The molecule has 150 valence electrons. The Balaban J connectivity index is 2.18. The van der Waals surface area contributed by atoms with Crippen molar-refractivity contribution in [1.29, 1.82) is 0 Å². The van der Waals surface area contributed by atoms with Gasteiger partial charge in [0.25, 0.3) is 5.69 Å². The van der Waals surface area contributed by atoms with Gasteiger partial charge in [0.2, 0.25) is 5.91 Å². The van der Waals surface area contributed by atoms with Crippen LogP contribution < -0.4 is 4.90 Å². The van der Waals surface area contributed by atoms with Crippen LogP contribution in [0.2, 0.25) is 0 Å². The number of esters is 1. The van der Waals surface area contributed by atoms with E-state index in [1.165, 1.54) is 29.2 Å². The molecule has 1 heterocycles. The highest BCUT2D eigenvalue weighted by atomic mass is 16.6. The largest absolute Gasteiger partial charge is 0.481 e. The third-order valence-electron chi connectivity index (χ3n) is 4.98. The van der Waals surface area contributed by atoms with Crippen LogP contribution in [0.1, 0.15) is 17.2 Å². The number of nitrogens with zero attached hydrogens (tertiary/aromatic N) is 2. The van der Waals surface area contributed by atoms with Crippen molar-refractivity contribution in [2.24, 2.45) is 11.8 Å². The molecule has 3 rings (SSSR count). The molecule has 1 aliphatic rings. The number of hydrogen-bond donors (Lipinski definition) is 1. The molecule has 0 aliphatic carbocycles. The fraction of sp³-hybridized carbons (Fsp3) is 0.250. The molecule has 9 heteroatoms. The third kappa shape index (κ3) is 3.54. The fourth-order valence-electron chi connectivity index (χ4n) is 3.59. The Kier molecular flexibility index (Phi) is 5.31. The van der Waals surface area contributed by atoms with Crippen LogP contribution >= 0.6 is 0 Å². The van der Waals surface area contributed by atoms with Crippen molar-refractivity contribution in [3.63, 3.8) is 0 Å². The zero-order valence-corrected chi connectivity index (χ0v) is 15.6. The van der Waals surface area contributed by atoms with Crippen LogP contribution in [-0.4, -0.2) is 35.0 Å². The van der Waals surface area contributed by atoms with Gasteiger partial charge in [0.15, 0.2) is 5.92 Å². The van der Waals surface area contributed by atoms with Gasteiger partial charge in [-0.1, -0.05) is 29.8 Å². The third-order valence-corrected chi connectivity index (χ3v) is 4.98. The standard InChI is InChI=1S/C20H18N2O7/c1-11-3-7-13(8-4-11)21-17(12-5-9-14(10-6-12)22(27)28)15(20(26)29-2)16(18(21)23)19(24)25/h3-10,15-17H,1-2H3,(H,24,25)/t15-,16-,17+/m0/s1. The number of hydrogen-bond acceptors (Lipinski definition) is 6. The van der Waals surface area contributed by atoms with E-state index in [0.29, 0.717) is 11.3 Å². The lowest BCUT2D eigenvalue weighted by molar-refractivity contribution is -0.384. The second kappa shape index (κ2) is 7.70. The Hall–Kier alpha value is -3.75. The Morgan fingerprint density at radius 1 is 1.10 bits per heavy atom. The molecule has 0 aromatic heterocycles. The number of nitro benzene ring substituents is 1. The molecule has 1 fully saturated rings. The van der Waals surface area contributed by atoms with Crippen LogP contribution in [0.15, 0.2) is 48.5 Å². The van der Waals surface area contributed by atoms with E-state index in [1.54, 1.807) is 24.3 Å². The summed E-state index contributed by atoms with van der Waals surface area (Å²) in [5.74, 6) is -5.98. The number of carbonyl (C=O) groups is 3. The number of anilines is 1. The molecule has 1 N–H and O–H groups in total. The number of rotatable bonds is 5. The molecule has 1 amide bonds. The highest BCUT2D eigenvalue weighted by Crippen LogP contribution is 2.45. The van der Waals surface area contributed by atoms with Gasteiger partial charge in [-0.2, -0.15) is 0 Å². The zero-order chi connectivity index (χ0) is 21.3. The van der Waals surface area contributed by atoms with Gasteiger partial charge >= 0.3 is 11.9 Å². The van der Waals surface area contributed by atoms with Crippen molar-refractivity contribution in [2.75, 3.05) is 12.0 Å². The van der Waals surface area contributed by atoms with E-state index in [1.807, 2.05) is 6.92 Å². The molecule has 2 aromatic carbocycles. The van der Waals surface area contributed by atoms with Crippen molar-refractivity contribution in [3.05, 3.63) is 69.8 Å². The summed E-state index contributed by atoms with van der Waals surface area (Å²) in [6.07, 6.45) is 0. The maximum atomic E-state index is 13.1. The summed E-state index contributed by atoms with van der Waals surface area (Å²) in [5, 5.41) is 20.6. The first-order valence-electron chi connectivity index (χ1n) is 8.71. The summed E-state index contributed by atoms with van der Waals surface area (Å²) in [4.78, 5) is 49.0. The molecule has 0 saturated carbocycles. The SMILES string of the molecule is COC(=O)[C@H]1[C@H](C(=O)O)C(=O)N(c2ccc(C)cc2)[C@@H]1c1ccc([N+](=O)[O-])cc1. The molecular formula is C20H18N2O7. The van der Waals surface area contributed by atoms with E-state index in [0.717, 1.165) is 12.7 Å². The van der Waals surface area contributed by atoms with E-state index < -0.39 is 40.6 Å². The van der Waals surface area contributed by atoms with E-state index in [2.05, 4.69) is 0 Å². The van der Waals surface area contributed by atoms with Crippen molar-refractivity contribution in [3.8, 4) is 0 Å². The fourth-order valence-corrected chi connectivity index (χ4v) is 3.59. The summed E-state index contributed by atoms with van der Waals surface area (Å²) >= 11 is 0. The second-order valence-corrected chi connectivity index (χ2v) is 6.70. The molecule has 0 unspecified atom stereocenters. The summed E-state index contributed by atoms with van der Waals surface area (Å²) < 4.78 is 4.79. The van der Waals surface area contributed by atoms with Gasteiger partial charge < -0.3 is 14.7 Å². The Bertz CT molecular complexity index is 969. The van der Waals surface area contributed by atoms with Gasteiger partial charge in [-0.15, -0.1) is 0 Å². The maximum absolute atomic E-state index is 13.1. The number of ether oxygens (including phenoxy) is 1. The van der Waals surface area contributed by atoms with Crippen LogP contribution in [0, 0.1) is 28.9 Å². The second-order valence-electron chi connectivity index (χ2n) is 6.70. The summed E-state index contributed by atoms with van der Waals surface area (Å²) in [7, 11) is 1.12. The molecule has 1 saturated heterocycles. The number of non-ortho nitro benzene ring substituents is 1. The normalized spacial score (nSPS) is 21.1. The number of aryl methyl sites for hydroxylation is 1. The zero-order valence-electron chi connectivity index (χ0n) is 15.6. The lowest BCUT2D eigenvalue weighted by atomic mass is 9.86. The molecular weight excluding hydrogens is 380 g/mol. The van der Waals surface area contributed by atoms with Crippen molar-refractivity contribution in [2.45, 2.75) is 13.0 Å². The predicted octanol–water partition coefficient (Wildman–Crippen LogP) is 2.48. The molecule has 9 nitrogen and oxygen atoms in total. The first kappa shape index (κ1) is 20.0. The number of carboxylic acid groups (broad SMARTS) is 1. The summed E-state index contributed by atoms with van der Waals surface area (Å²) in [6, 6.07) is 11.2. The van der Waals surface area contributed by atoms with E-state index in [4.69, 9.17) is 4.74 Å². The van der Waals surface area contributed by atoms with Crippen LogP contribution in [0.5, 0.6) is 0 Å². The topological polar surface area (TPSA) is 127 Å². The monoisotopic (exact) mass is 398 g/mol. The number of carbonyl (C=O) groups excluding carboxylic acids is 2. The van der Waals surface area contributed by atoms with Gasteiger partial charge in [0.05, 0.1) is 18.1 Å². The number of amides is 1. The number of aliphatic carboxylic acids is 1. The minimum absolute atomic E-state index is 0.163. The van der Waals surface area contributed by atoms with Crippen molar-refractivity contribution >= 4 is 29.2 Å². The van der Waals surface area contributed by atoms with Crippen LogP contribution in [0.25, 0.3) is 0 Å². The maximum Gasteiger partial charge on any atom is 0.317 e. The molecule has 2 aromatic rings. The molecule has 3 atom stereocenters. The number of nitro groups is 1. The first-order valence-corrected chi connectivity index (χ1v) is 8.71. The van der Waals surface area contributed by atoms with E-state index >= 15 is 0 Å². The number of methoxy groups -OCH3 is 1. The molecule has 29 heavy (non-hydrogen) atoms. The average molecular weight is 398 g/mol. The number of carboxylic acids is 1. The minimum atomic E-state index is -1.64. The van der Waals surface area contributed by atoms with Crippen molar-refractivity contribution in [1.82, 2.24) is 0 Å². The highest BCUT2D eigenvalue weighted by Gasteiger charge is 2.56. The van der Waals surface area contributed by atoms with E-state index in [-0.39, 0.29) is 5.69 Å². The van der Waals surface area contributed by atoms with Crippen LogP contribution in [-0.2, 0) is 19.1 Å². The quantitative estimate of drug-likeness (QED) is 0.355. The van der Waals surface area contributed by atoms with E-state index in [9.17, 15) is 29.6 Å². The number of benzene rings is 2. The average Bonchev–Trinajstić information content (AvgIpc) is 3.01. The van der Waals surface area contributed by atoms with Gasteiger partial charge in [0.1, 0.15) is 5.92 Å². The Labute approximate surface area is 165 Å². The van der Waals surface area contributed by atoms with Gasteiger partial charge in [0, 0.05) is 17.8 Å². The predicted molar refractivity (Wildman–Crippen MR) is 101 cm³/mol. The van der Waals surface area contributed by atoms with Crippen LogP contribution in [0.4, 0.5) is 11.4 Å².